The van der Waals surface area contributed by atoms with E-state index in [4.69, 9.17) is 44.1 Å². The summed E-state index contributed by atoms with van der Waals surface area (Å²) in [4.78, 5) is 11.5. The third-order valence-electron chi connectivity index (χ3n) is 7.62. The van der Waals surface area contributed by atoms with Crippen LogP contribution in [0.25, 0.3) is 16.8 Å². The summed E-state index contributed by atoms with van der Waals surface area (Å²) in [5.41, 5.74) is 4.52. The van der Waals surface area contributed by atoms with Crippen LogP contribution in [0, 0.1) is 11.8 Å². The molecule has 0 aliphatic heterocycles. The lowest BCUT2D eigenvalue weighted by molar-refractivity contribution is -0.133. The van der Waals surface area contributed by atoms with Crippen LogP contribution in [0.5, 0.6) is 5.75 Å². The van der Waals surface area contributed by atoms with Crippen molar-refractivity contribution in [1.29, 1.82) is 0 Å². The highest BCUT2D eigenvalue weighted by molar-refractivity contribution is 6.39. The quantitative estimate of drug-likeness (QED) is 0.249. The predicted molar refractivity (Wildman–Crippen MR) is 153 cm³/mol. The molecule has 0 amide bonds. The van der Waals surface area contributed by atoms with Gasteiger partial charge in [-0.2, -0.15) is 0 Å². The first-order valence-electron chi connectivity index (χ1n) is 12.8. The molecule has 204 valence electrons. The number of benzene rings is 2. The molecule has 2 aromatic carbocycles. The second-order valence-corrected chi connectivity index (χ2v) is 11.3. The zero-order valence-corrected chi connectivity index (χ0v) is 23.4. The van der Waals surface area contributed by atoms with Crippen LogP contribution in [0.4, 0.5) is 4.39 Å². The number of aromatic nitrogens is 1. The van der Waals surface area contributed by atoms with Gasteiger partial charge in [-0.1, -0.05) is 69.8 Å². The molecule has 0 spiro atoms. The van der Waals surface area contributed by atoms with E-state index >= 15 is 0 Å². The lowest BCUT2D eigenvalue weighted by Crippen LogP contribution is -2.17. The molecule has 1 N–H and O–H groups in total. The van der Waals surface area contributed by atoms with E-state index in [1.807, 2.05) is 18.2 Å². The monoisotopic (exact) mass is 597 g/mol. The maximum absolute atomic E-state index is 14.6. The molecular formula is C31H23Cl3FNO4. The molecule has 6 rings (SSSR count). The fourth-order valence-electron chi connectivity index (χ4n) is 5.41. The first-order valence-corrected chi connectivity index (χ1v) is 13.9. The van der Waals surface area contributed by atoms with Crippen LogP contribution >= 0.6 is 34.8 Å². The van der Waals surface area contributed by atoms with E-state index in [2.05, 4.69) is 11.7 Å². The topological polar surface area (TPSA) is 72.6 Å². The van der Waals surface area contributed by atoms with Gasteiger partial charge in [0.15, 0.2) is 5.76 Å². The van der Waals surface area contributed by atoms with E-state index in [1.54, 1.807) is 24.3 Å². The second kappa shape index (κ2) is 10.6. The lowest BCUT2D eigenvalue weighted by atomic mass is 9.84. The maximum Gasteiger partial charge on any atom is 0.335 e. The van der Waals surface area contributed by atoms with Gasteiger partial charge in [-0.05, 0) is 72.6 Å². The summed E-state index contributed by atoms with van der Waals surface area (Å²) in [6.07, 6.45) is 6.98. The molecule has 1 aromatic heterocycles. The van der Waals surface area contributed by atoms with Gasteiger partial charge >= 0.3 is 5.97 Å². The molecule has 3 aliphatic carbocycles. The number of allylic oxidation sites excluding steroid dienone is 6. The molecular weight excluding hydrogens is 576 g/mol. The molecule has 40 heavy (non-hydrogen) atoms. The van der Waals surface area contributed by atoms with Gasteiger partial charge in [-0.3, -0.25) is 0 Å². The van der Waals surface area contributed by atoms with Crippen molar-refractivity contribution < 1.29 is 23.6 Å². The van der Waals surface area contributed by atoms with E-state index < -0.39 is 17.7 Å². The summed E-state index contributed by atoms with van der Waals surface area (Å²) in [7, 11) is 0. The largest absolute Gasteiger partial charge is 0.489 e. The fraction of sp³-hybridized carbons (Fsp3) is 0.226. The molecule has 0 radical (unpaired) electrons. The van der Waals surface area contributed by atoms with Crippen LogP contribution in [-0.4, -0.2) is 16.2 Å². The van der Waals surface area contributed by atoms with Crippen LogP contribution in [0.1, 0.15) is 42.1 Å². The Kier molecular flexibility index (Phi) is 7.11. The molecule has 1 saturated carbocycles. The van der Waals surface area contributed by atoms with Crippen molar-refractivity contribution in [3.63, 3.8) is 0 Å². The number of rotatable bonds is 9. The number of halogens is 4. The molecule has 3 atom stereocenters. The van der Waals surface area contributed by atoms with E-state index in [9.17, 15) is 14.3 Å². The smallest absolute Gasteiger partial charge is 0.335 e. The Morgan fingerprint density at radius 3 is 2.58 bits per heavy atom. The Bertz CT molecular complexity index is 1630. The van der Waals surface area contributed by atoms with Gasteiger partial charge in [-0.15, -0.1) is 6.58 Å². The lowest BCUT2D eigenvalue weighted by Gasteiger charge is -2.21. The zero-order chi connectivity index (χ0) is 28.1. The number of hydrogen-bond donors (Lipinski definition) is 1. The van der Waals surface area contributed by atoms with Crippen molar-refractivity contribution in [2.24, 2.45) is 11.8 Å². The minimum Gasteiger partial charge on any atom is -0.489 e. The Morgan fingerprint density at radius 2 is 1.93 bits per heavy atom. The van der Waals surface area contributed by atoms with Gasteiger partial charge in [0.25, 0.3) is 0 Å². The second-order valence-electron chi connectivity index (χ2n) is 10.1. The summed E-state index contributed by atoms with van der Waals surface area (Å²) in [6, 6.07) is 10.8. The first-order chi connectivity index (χ1) is 19.3. The maximum atomic E-state index is 14.6. The molecule has 0 saturated heterocycles. The van der Waals surface area contributed by atoms with Crippen molar-refractivity contribution in [1.82, 2.24) is 5.16 Å². The Morgan fingerprint density at radius 1 is 1.18 bits per heavy atom. The number of carboxylic acids is 1. The van der Waals surface area contributed by atoms with Gasteiger partial charge in [0.2, 0.25) is 0 Å². The molecule has 0 bridgehead atoms. The van der Waals surface area contributed by atoms with Gasteiger partial charge in [0, 0.05) is 16.5 Å². The van der Waals surface area contributed by atoms with Crippen LogP contribution < -0.4 is 4.74 Å². The standard InChI is InChI=1S/C31H23Cl3FNO4/c1-2-15-10-17(11-26(35)27(15)31(37)38)20-13-21(20)19-9-8-18(12-25(19)34)39-14-22-29(36-40-30(22)16-6-7-16)28-23(32)4-3-5-24(28)33/h2-6,8-9,11-12,15,20-21H,1,7,10,13-14H2,(H,37,38). The number of nitrogens with zero attached hydrogens (tertiary/aromatic N) is 1. The number of carboxylic acid groups (broad SMARTS) is 1. The highest BCUT2D eigenvalue weighted by atomic mass is 35.5. The van der Waals surface area contributed by atoms with Gasteiger partial charge in [0.05, 0.1) is 21.2 Å². The van der Waals surface area contributed by atoms with Gasteiger partial charge in [-0.25, -0.2) is 9.18 Å². The first kappa shape index (κ1) is 26.9. The number of hydrogen-bond acceptors (Lipinski definition) is 4. The Labute approximate surface area is 245 Å². The number of ether oxygens (including phenoxy) is 1. The summed E-state index contributed by atoms with van der Waals surface area (Å²) in [5, 5.41) is 15.1. The number of carbonyl (C=O) groups is 1. The van der Waals surface area contributed by atoms with Crippen LogP contribution in [-0.2, 0) is 11.4 Å². The molecule has 3 aliphatic rings. The SMILES string of the molecule is C=CC1CC(C2CC2c2ccc(OCc3c(-c4c(Cl)cccc4Cl)noc3C3=CC3)cc2Cl)=CC(F)=C1C(=O)O. The molecule has 9 heteroatoms. The van der Waals surface area contributed by atoms with Crippen molar-refractivity contribution in [3.8, 4) is 17.0 Å². The van der Waals surface area contributed by atoms with Crippen molar-refractivity contribution in [3.05, 3.63) is 110 Å². The molecule has 1 heterocycles. The summed E-state index contributed by atoms with van der Waals surface area (Å²) in [5.74, 6) is -1.06. The average molecular weight is 599 g/mol. The third-order valence-corrected chi connectivity index (χ3v) is 8.58. The van der Waals surface area contributed by atoms with Gasteiger partial charge < -0.3 is 14.4 Å². The van der Waals surface area contributed by atoms with E-state index in [0.29, 0.717) is 44.3 Å². The Hall–Kier alpha value is -3.32. The molecule has 3 aromatic rings. The van der Waals surface area contributed by atoms with Crippen LogP contribution in [0.15, 0.2) is 82.7 Å². The summed E-state index contributed by atoms with van der Waals surface area (Å²) >= 11 is 19.6. The highest BCUT2D eigenvalue weighted by Gasteiger charge is 2.44. The minimum atomic E-state index is -1.25. The third kappa shape index (κ3) is 5.00. The van der Waals surface area contributed by atoms with E-state index in [0.717, 1.165) is 35.1 Å². The summed E-state index contributed by atoms with van der Waals surface area (Å²) in [6.45, 7) is 3.87. The molecule has 1 fully saturated rings. The fourth-order valence-corrected chi connectivity index (χ4v) is 6.29. The van der Waals surface area contributed by atoms with Crippen molar-refractivity contribution in [2.75, 3.05) is 0 Å². The summed E-state index contributed by atoms with van der Waals surface area (Å²) < 4.78 is 26.4. The highest BCUT2D eigenvalue weighted by Crippen LogP contribution is 2.56. The molecule has 3 unspecified atom stereocenters. The Balaban J connectivity index is 1.20. The van der Waals surface area contributed by atoms with E-state index in [-0.39, 0.29) is 24.0 Å². The molecule has 5 nitrogen and oxygen atoms in total. The normalized spacial score (nSPS) is 21.6. The zero-order valence-electron chi connectivity index (χ0n) is 21.1. The van der Waals surface area contributed by atoms with Crippen LogP contribution in [0.2, 0.25) is 15.1 Å². The minimum absolute atomic E-state index is 0.0992. The number of aliphatic carboxylic acids is 1. The van der Waals surface area contributed by atoms with Crippen LogP contribution in [0.3, 0.4) is 0 Å². The van der Waals surface area contributed by atoms with E-state index in [1.165, 1.54) is 12.2 Å². The van der Waals surface area contributed by atoms with Crippen molar-refractivity contribution >= 4 is 46.3 Å². The van der Waals surface area contributed by atoms with Gasteiger partial charge in [0.1, 0.15) is 23.9 Å². The van der Waals surface area contributed by atoms with Crippen molar-refractivity contribution in [2.45, 2.75) is 31.8 Å². The average Bonchev–Trinajstić information content (AvgIpc) is 3.85. The predicted octanol–water partition coefficient (Wildman–Crippen LogP) is 9.21.